The molecule has 0 bridgehead atoms. The van der Waals surface area contributed by atoms with Gasteiger partial charge in [0, 0.05) is 0 Å². The van der Waals surface area contributed by atoms with Crippen molar-refractivity contribution in [1.82, 2.24) is 0 Å². The molecule has 0 saturated heterocycles. The van der Waals surface area contributed by atoms with Gasteiger partial charge in [0.25, 0.3) is 0 Å². The Morgan fingerprint density at radius 1 is 0.448 bits per heavy atom. The molecule has 0 aliphatic carbocycles. The maximum absolute atomic E-state index is 4.06. The Morgan fingerprint density at radius 3 is 1.00 bits per heavy atom. The zero-order valence-electron chi connectivity index (χ0n) is 20.6. The molecule has 0 aromatic heterocycles. The first-order chi connectivity index (χ1) is 14.2. The average molecular weight is 407 g/mol. The monoisotopic (exact) mass is 406 g/mol. The Kier molecular flexibility index (Phi) is 21.7. The molecule has 172 valence electrons. The molecule has 0 unspecified atom stereocenters. The van der Waals surface area contributed by atoms with Crippen LogP contribution in [0.5, 0.6) is 0 Å². The molecule has 0 aliphatic heterocycles. The lowest BCUT2D eigenvalue weighted by molar-refractivity contribution is -0.917. The Morgan fingerprint density at radius 2 is 0.724 bits per heavy atom. The number of rotatable bonds is 24. The van der Waals surface area contributed by atoms with E-state index in [0.29, 0.717) is 0 Å². The molecule has 0 rings (SSSR count). The van der Waals surface area contributed by atoms with Gasteiger partial charge in [-0.1, -0.05) is 117 Å². The van der Waals surface area contributed by atoms with Gasteiger partial charge in [-0.05, 0) is 37.8 Å². The van der Waals surface area contributed by atoms with Gasteiger partial charge in [-0.15, -0.1) is 0 Å². The van der Waals surface area contributed by atoms with Crippen LogP contribution in [0, 0.1) is 0 Å². The molecular weight excluding hydrogens is 350 g/mol. The average Bonchev–Trinajstić information content (AvgIpc) is 2.72. The molecule has 0 saturated carbocycles. The van der Waals surface area contributed by atoms with Crippen LogP contribution in [-0.4, -0.2) is 30.7 Å². The Hall–Kier alpha value is -0.560. The van der Waals surface area contributed by atoms with Crippen LogP contribution in [0.1, 0.15) is 129 Å². The minimum Gasteiger partial charge on any atom is -0.317 e. The lowest BCUT2D eigenvalue weighted by Gasteiger charge is -2.37. The molecule has 0 fully saturated rings. The van der Waals surface area contributed by atoms with Gasteiger partial charge in [0.15, 0.2) is 0 Å². The van der Waals surface area contributed by atoms with E-state index < -0.39 is 0 Å². The van der Waals surface area contributed by atoms with Crippen molar-refractivity contribution in [3.8, 4) is 0 Å². The molecule has 29 heavy (non-hydrogen) atoms. The summed E-state index contributed by atoms with van der Waals surface area (Å²) in [5.74, 6) is 0. The Labute approximate surface area is 185 Å². The summed E-state index contributed by atoms with van der Waals surface area (Å²) in [4.78, 5) is 0. The van der Waals surface area contributed by atoms with Crippen LogP contribution in [0.3, 0.4) is 0 Å². The normalized spacial score (nSPS) is 11.7. The Balaban J connectivity index is 3.99. The van der Waals surface area contributed by atoms with Crippen molar-refractivity contribution >= 4 is 0 Å². The molecule has 0 aliphatic rings. The van der Waals surface area contributed by atoms with Gasteiger partial charge >= 0.3 is 0 Å². The van der Waals surface area contributed by atoms with E-state index in [1.807, 2.05) is 0 Å². The highest BCUT2D eigenvalue weighted by atomic mass is 15.3. The van der Waals surface area contributed by atoms with Gasteiger partial charge in [0.2, 0.25) is 0 Å². The van der Waals surface area contributed by atoms with Crippen molar-refractivity contribution < 1.29 is 4.48 Å². The summed E-state index contributed by atoms with van der Waals surface area (Å²) in [7, 11) is 0. The summed E-state index contributed by atoms with van der Waals surface area (Å²) in [6.45, 7) is 17.6. The SMILES string of the molecule is C=CC[N+](CC=C)(CCCCCCCCCCC)CCCCCCCCCCC. The number of unbranched alkanes of at least 4 members (excludes halogenated alkanes) is 16. The topological polar surface area (TPSA) is 0 Å². The van der Waals surface area contributed by atoms with Crippen molar-refractivity contribution in [3.05, 3.63) is 25.3 Å². The molecule has 0 spiro atoms. The summed E-state index contributed by atoms with van der Waals surface area (Å²) in [5, 5.41) is 0. The van der Waals surface area contributed by atoms with Crippen LogP contribution >= 0.6 is 0 Å². The number of quaternary nitrogens is 1. The molecule has 0 aromatic rings. The molecule has 0 aromatic carbocycles. The highest BCUT2D eigenvalue weighted by Crippen LogP contribution is 2.17. The van der Waals surface area contributed by atoms with Gasteiger partial charge in [-0.25, -0.2) is 0 Å². The number of nitrogens with zero attached hydrogens (tertiary/aromatic N) is 1. The smallest absolute Gasteiger partial charge is 0.0973 e. The zero-order valence-corrected chi connectivity index (χ0v) is 20.6. The standard InChI is InChI=1S/C28H56N/c1-5-9-11-13-15-17-19-21-23-27-29(25-7-3,26-8-4)28-24-22-20-18-16-14-12-10-6-2/h7-8H,3-6,9-28H2,1-2H3/q+1. The van der Waals surface area contributed by atoms with E-state index in [9.17, 15) is 0 Å². The van der Waals surface area contributed by atoms with Crippen LogP contribution in [-0.2, 0) is 0 Å². The number of hydrogen-bond donors (Lipinski definition) is 0. The third kappa shape index (κ3) is 18.0. The van der Waals surface area contributed by atoms with Crippen LogP contribution in [0.15, 0.2) is 25.3 Å². The van der Waals surface area contributed by atoms with E-state index in [1.54, 1.807) is 0 Å². The minimum atomic E-state index is 1.11. The molecule has 1 nitrogen and oxygen atoms in total. The van der Waals surface area contributed by atoms with Gasteiger partial charge in [-0.2, -0.15) is 0 Å². The molecule has 0 heterocycles. The fraction of sp³-hybridized carbons (Fsp3) is 0.857. The third-order valence-electron chi connectivity index (χ3n) is 6.50. The molecular formula is C28H56N+. The fourth-order valence-corrected chi connectivity index (χ4v) is 4.61. The van der Waals surface area contributed by atoms with E-state index in [-0.39, 0.29) is 0 Å². The summed E-state index contributed by atoms with van der Waals surface area (Å²) in [6, 6.07) is 0. The summed E-state index contributed by atoms with van der Waals surface area (Å²) in [5.41, 5.74) is 0. The highest BCUT2D eigenvalue weighted by Gasteiger charge is 2.23. The van der Waals surface area contributed by atoms with Crippen molar-refractivity contribution in [1.29, 1.82) is 0 Å². The maximum Gasteiger partial charge on any atom is 0.0973 e. The first-order valence-electron chi connectivity index (χ1n) is 13.3. The van der Waals surface area contributed by atoms with E-state index in [2.05, 4.69) is 39.2 Å². The quantitative estimate of drug-likeness (QED) is 0.0851. The second kappa shape index (κ2) is 22.1. The van der Waals surface area contributed by atoms with Crippen molar-refractivity contribution in [2.24, 2.45) is 0 Å². The fourth-order valence-electron chi connectivity index (χ4n) is 4.61. The molecule has 0 N–H and O–H groups in total. The largest absolute Gasteiger partial charge is 0.317 e. The van der Waals surface area contributed by atoms with Crippen molar-refractivity contribution in [2.45, 2.75) is 129 Å². The molecule has 0 radical (unpaired) electrons. The highest BCUT2D eigenvalue weighted by molar-refractivity contribution is 4.72. The minimum absolute atomic E-state index is 1.11. The van der Waals surface area contributed by atoms with Crippen LogP contribution in [0.25, 0.3) is 0 Å². The summed E-state index contributed by atoms with van der Waals surface area (Å²) in [6.07, 6.45) is 29.7. The van der Waals surface area contributed by atoms with Crippen LogP contribution < -0.4 is 0 Å². The lowest BCUT2D eigenvalue weighted by Crippen LogP contribution is -2.49. The molecule has 0 amide bonds. The predicted molar refractivity (Wildman–Crippen MR) is 135 cm³/mol. The van der Waals surface area contributed by atoms with Crippen LogP contribution in [0.4, 0.5) is 0 Å². The van der Waals surface area contributed by atoms with E-state index >= 15 is 0 Å². The van der Waals surface area contributed by atoms with E-state index in [0.717, 1.165) is 13.1 Å². The second-order valence-corrected chi connectivity index (χ2v) is 9.39. The third-order valence-corrected chi connectivity index (χ3v) is 6.50. The number of hydrogen-bond acceptors (Lipinski definition) is 0. The first-order valence-corrected chi connectivity index (χ1v) is 13.3. The van der Waals surface area contributed by atoms with Gasteiger partial charge < -0.3 is 4.48 Å². The molecule has 0 atom stereocenters. The Bertz CT molecular complexity index is 312. The lowest BCUT2D eigenvalue weighted by atomic mass is 10.1. The van der Waals surface area contributed by atoms with Crippen molar-refractivity contribution in [3.63, 3.8) is 0 Å². The maximum atomic E-state index is 4.06. The van der Waals surface area contributed by atoms with Gasteiger partial charge in [-0.3, -0.25) is 0 Å². The summed E-state index contributed by atoms with van der Waals surface area (Å²) >= 11 is 0. The van der Waals surface area contributed by atoms with Crippen molar-refractivity contribution in [2.75, 3.05) is 26.2 Å². The van der Waals surface area contributed by atoms with E-state index in [4.69, 9.17) is 0 Å². The van der Waals surface area contributed by atoms with Gasteiger partial charge in [0.05, 0.1) is 26.2 Å². The predicted octanol–water partition coefficient (Wildman–Crippen LogP) is 9.24. The van der Waals surface area contributed by atoms with Gasteiger partial charge in [0.1, 0.15) is 0 Å². The van der Waals surface area contributed by atoms with E-state index in [1.165, 1.54) is 133 Å². The summed E-state index contributed by atoms with van der Waals surface area (Å²) < 4.78 is 1.19. The second-order valence-electron chi connectivity index (χ2n) is 9.39. The zero-order chi connectivity index (χ0) is 21.5. The van der Waals surface area contributed by atoms with Crippen LogP contribution in [0.2, 0.25) is 0 Å². The molecule has 1 heteroatoms. The first kappa shape index (κ1) is 28.4.